The molecule has 1 amide bonds. The number of anilines is 2. The lowest BCUT2D eigenvalue weighted by Crippen LogP contribution is -2.38. The lowest BCUT2D eigenvalue weighted by atomic mass is 10.2. The molecule has 0 saturated carbocycles. The van der Waals surface area contributed by atoms with Gasteiger partial charge in [0.2, 0.25) is 5.91 Å². The Labute approximate surface area is 191 Å². The van der Waals surface area contributed by atoms with Crippen molar-refractivity contribution in [2.75, 3.05) is 23.3 Å². The maximum Gasteiger partial charge on any atom is 0.264 e. The van der Waals surface area contributed by atoms with E-state index in [4.69, 9.17) is 27.9 Å². The molecule has 0 aliphatic rings. The maximum absolute atomic E-state index is 13.4. The average molecular weight is 479 g/mol. The number of hydrogen-bond acceptors (Lipinski definition) is 4. The van der Waals surface area contributed by atoms with E-state index in [9.17, 15) is 13.2 Å². The minimum Gasteiger partial charge on any atom is -0.495 e. The van der Waals surface area contributed by atoms with Crippen LogP contribution < -0.4 is 14.4 Å². The van der Waals surface area contributed by atoms with E-state index in [0.29, 0.717) is 16.5 Å². The van der Waals surface area contributed by atoms with Crippen molar-refractivity contribution in [3.63, 3.8) is 0 Å². The van der Waals surface area contributed by atoms with Crippen molar-refractivity contribution >= 4 is 50.5 Å². The van der Waals surface area contributed by atoms with E-state index >= 15 is 0 Å². The average Bonchev–Trinajstić information content (AvgIpc) is 2.73. The summed E-state index contributed by atoms with van der Waals surface area (Å²) in [6, 6.07) is 17.6. The molecule has 162 valence electrons. The van der Waals surface area contributed by atoms with Crippen molar-refractivity contribution in [2.24, 2.45) is 0 Å². The summed E-state index contributed by atoms with van der Waals surface area (Å²) in [5.74, 6) is -0.101. The number of aryl methyl sites for hydroxylation is 1. The van der Waals surface area contributed by atoms with Gasteiger partial charge >= 0.3 is 0 Å². The Morgan fingerprint density at radius 1 is 1.00 bits per heavy atom. The number of methoxy groups -OCH3 is 1. The Kier molecular flexibility index (Phi) is 7.10. The molecule has 0 saturated heterocycles. The molecule has 3 aromatic carbocycles. The highest BCUT2D eigenvalue weighted by atomic mass is 35.5. The molecule has 9 heteroatoms. The Morgan fingerprint density at radius 2 is 1.68 bits per heavy atom. The summed E-state index contributed by atoms with van der Waals surface area (Å²) in [5, 5.41) is 3.18. The standard InChI is InChI=1S/C22H20Cl2N2O4S/c1-15-7-10-17(11-8-15)31(28,29)26(20-6-4-3-5-18(20)23)14-22(27)25-16-9-12-21(30-2)19(24)13-16/h3-13H,14H2,1-2H3,(H,25,27). The normalized spacial score (nSPS) is 11.1. The van der Waals surface area contributed by atoms with E-state index in [1.807, 2.05) is 6.92 Å². The third-order valence-corrected chi connectivity index (χ3v) is 6.84. The Morgan fingerprint density at radius 3 is 2.29 bits per heavy atom. The number of ether oxygens (including phenoxy) is 1. The summed E-state index contributed by atoms with van der Waals surface area (Å²) < 4.78 is 32.8. The van der Waals surface area contributed by atoms with Gasteiger partial charge in [0.1, 0.15) is 12.3 Å². The first-order valence-corrected chi connectivity index (χ1v) is 11.4. The zero-order valence-corrected chi connectivity index (χ0v) is 19.1. The van der Waals surface area contributed by atoms with Gasteiger partial charge in [-0.2, -0.15) is 0 Å². The summed E-state index contributed by atoms with van der Waals surface area (Å²) in [6.07, 6.45) is 0. The number of benzene rings is 3. The second-order valence-electron chi connectivity index (χ2n) is 6.67. The summed E-state index contributed by atoms with van der Waals surface area (Å²) >= 11 is 12.4. The van der Waals surface area contributed by atoms with Crippen molar-refractivity contribution < 1.29 is 17.9 Å². The highest BCUT2D eigenvalue weighted by Crippen LogP contribution is 2.31. The molecule has 0 bridgehead atoms. The Bertz CT molecular complexity index is 1200. The predicted octanol–water partition coefficient (Wildman–Crippen LogP) is 5.14. The number of halogens is 2. The van der Waals surface area contributed by atoms with E-state index in [0.717, 1.165) is 9.87 Å². The zero-order valence-electron chi connectivity index (χ0n) is 16.8. The number of nitrogens with one attached hydrogen (secondary N) is 1. The molecule has 0 aromatic heterocycles. The van der Waals surface area contributed by atoms with Crippen LogP contribution in [-0.4, -0.2) is 28.0 Å². The van der Waals surface area contributed by atoms with Gasteiger partial charge in [0.15, 0.2) is 0 Å². The molecular weight excluding hydrogens is 459 g/mol. The van der Waals surface area contributed by atoms with Gasteiger partial charge in [-0.05, 0) is 49.4 Å². The molecule has 0 aliphatic heterocycles. The van der Waals surface area contributed by atoms with Crippen molar-refractivity contribution in [1.29, 1.82) is 0 Å². The van der Waals surface area contributed by atoms with E-state index in [-0.39, 0.29) is 15.6 Å². The molecule has 1 N–H and O–H groups in total. The van der Waals surface area contributed by atoms with Crippen LogP contribution in [0.15, 0.2) is 71.6 Å². The number of carbonyl (C=O) groups is 1. The monoisotopic (exact) mass is 478 g/mol. The van der Waals surface area contributed by atoms with Gasteiger partial charge < -0.3 is 10.1 Å². The first-order chi connectivity index (χ1) is 14.7. The second kappa shape index (κ2) is 9.60. The fourth-order valence-electron chi connectivity index (χ4n) is 2.87. The molecule has 0 fully saturated rings. The fourth-order valence-corrected chi connectivity index (χ4v) is 4.85. The third kappa shape index (κ3) is 5.31. The van der Waals surface area contributed by atoms with Gasteiger partial charge in [0.25, 0.3) is 10.0 Å². The topological polar surface area (TPSA) is 75.7 Å². The number of para-hydroxylation sites is 1. The van der Waals surface area contributed by atoms with Crippen molar-refractivity contribution in [3.05, 3.63) is 82.3 Å². The molecule has 0 atom stereocenters. The molecule has 3 aromatic rings. The van der Waals surface area contributed by atoms with Crippen LogP contribution >= 0.6 is 23.2 Å². The van der Waals surface area contributed by atoms with Gasteiger partial charge in [0.05, 0.1) is 27.7 Å². The van der Waals surface area contributed by atoms with Crippen molar-refractivity contribution in [3.8, 4) is 5.75 Å². The quantitative estimate of drug-likeness (QED) is 0.509. The van der Waals surface area contributed by atoms with E-state index in [2.05, 4.69) is 5.32 Å². The van der Waals surface area contributed by atoms with Crippen molar-refractivity contribution in [1.82, 2.24) is 0 Å². The molecule has 0 spiro atoms. The van der Waals surface area contributed by atoms with E-state index < -0.39 is 22.5 Å². The van der Waals surface area contributed by atoms with E-state index in [1.54, 1.807) is 48.5 Å². The van der Waals surface area contributed by atoms with Crippen LogP contribution in [0.2, 0.25) is 10.0 Å². The number of hydrogen-bond donors (Lipinski definition) is 1. The van der Waals surface area contributed by atoms with Crippen LogP contribution in [0.1, 0.15) is 5.56 Å². The van der Waals surface area contributed by atoms with Crippen LogP contribution in [0.3, 0.4) is 0 Å². The van der Waals surface area contributed by atoms with Crippen LogP contribution in [0, 0.1) is 6.92 Å². The summed E-state index contributed by atoms with van der Waals surface area (Å²) in [7, 11) is -2.57. The number of carbonyl (C=O) groups excluding carboxylic acids is 1. The smallest absolute Gasteiger partial charge is 0.264 e. The molecule has 3 rings (SSSR count). The predicted molar refractivity (Wildman–Crippen MR) is 124 cm³/mol. The molecule has 31 heavy (non-hydrogen) atoms. The Balaban J connectivity index is 1.94. The first kappa shape index (κ1) is 22.9. The molecule has 6 nitrogen and oxygen atoms in total. The minimum atomic E-state index is -4.06. The third-order valence-electron chi connectivity index (χ3n) is 4.45. The van der Waals surface area contributed by atoms with Gasteiger partial charge in [-0.15, -0.1) is 0 Å². The highest BCUT2D eigenvalue weighted by Gasteiger charge is 2.28. The van der Waals surface area contributed by atoms with Gasteiger partial charge in [0, 0.05) is 5.69 Å². The Hall–Kier alpha value is -2.74. The number of sulfonamides is 1. The highest BCUT2D eigenvalue weighted by molar-refractivity contribution is 7.92. The van der Waals surface area contributed by atoms with Gasteiger partial charge in [-0.1, -0.05) is 53.0 Å². The lowest BCUT2D eigenvalue weighted by molar-refractivity contribution is -0.114. The SMILES string of the molecule is COc1ccc(NC(=O)CN(c2ccccc2Cl)S(=O)(=O)c2ccc(C)cc2)cc1Cl. The van der Waals surface area contributed by atoms with Gasteiger partial charge in [-0.3, -0.25) is 9.10 Å². The summed E-state index contributed by atoms with van der Waals surface area (Å²) in [4.78, 5) is 12.8. The molecule has 0 unspecified atom stereocenters. The van der Waals surface area contributed by atoms with E-state index in [1.165, 1.54) is 25.3 Å². The minimum absolute atomic E-state index is 0.0540. The van der Waals surface area contributed by atoms with Crippen LogP contribution in [-0.2, 0) is 14.8 Å². The molecule has 0 radical (unpaired) electrons. The fraction of sp³-hybridized carbons (Fsp3) is 0.136. The lowest BCUT2D eigenvalue weighted by Gasteiger charge is -2.25. The number of nitrogens with zero attached hydrogens (tertiary/aromatic N) is 1. The van der Waals surface area contributed by atoms with Gasteiger partial charge in [-0.25, -0.2) is 8.42 Å². The van der Waals surface area contributed by atoms with Crippen LogP contribution in [0.4, 0.5) is 11.4 Å². The molecular formula is C22H20Cl2N2O4S. The first-order valence-electron chi connectivity index (χ1n) is 9.19. The number of rotatable bonds is 7. The summed E-state index contributed by atoms with van der Waals surface area (Å²) in [5.41, 5.74) is 1.52. The summed E-state index contributed by atoms with van der Waals surface area (Å²) in [6.45, 7) is 1.37. The van der Waals surface area contributed by atoms with Crippen molar-refractivity contribution in [2.45, 2.75) is 11.8 Å². The molecule has 0 heterocycles. The van der Waals surface area contributed by atoms with Crippen LogP contribution in [0.25, 0.3) is 0 Å². The zero-order chi connectivity index (χ0) is 22.6. The largest absolute Gasteiger partial charge is 0.495 e. The maximum atomic E-state index is 13.4. The second-order valence-corrected chi connectivity index (χ2v) is 9.35. The van der Waals surface area contributed by atoms with Crippen LogP contribution in [0.5, 0.6) is 5.75 Å². The number of amides is 1. The molecule has 0 aliphatic carbocycles.